The maximum atomic E-state index is 13.2. The van der Waals surface area contributed by atoms with Gasteiger partial charge in [0.15, 0.2) is 0 Å². The molecular weight excluding hydrogens is 379 g/mol. The van der Waals surface area contributed by atoms with Gasteiger partial charge in [0.25, 0.3) is 0 Å². The SMILES string of the molecule is N=C(N)c1ccc(Oc2cc(F)cc(Br)c2)c(Br)c1. The van der Waals surface area contributed by atoms with Gasteiger partial charge < -0.3 is 10.5 Å². The molecule has 0 aliphatic carbocycles. The van der Waals surface area contributed by atoms with E-state index in [1.54, 1.807) is 24.3 Å². The van der Waals surface area contributed by atoms with Crippen molar-refractivity contribution < 1.29 is 9.13 Å². The summed E-state index contributed by atoms with van der Waals surface area (Å²) >= 11 is 6.53. The van der Waals surface area contributed by atoms with Gasteiger partial charge >= 0.3 is 0 Å². The van der Waals surface area contributed by atoms with Crippen LogP contribution in [-0.2, 0) is 0 Å². The molecule has 0 atom stereocenters. The largest absolute Gasteiger partial charge is 0.456 e. The third-order valence-corrected chi connectivity index (χ3v) is 3.38. The molecule has 0 unspecified atom stereocenters. The summed E-state index contributed by atoms with van der Waals surface area (Å²) in [6, 6.07) is 9.30. The standard InChI is InChI=1S/C13H9Br2FN2O/c14-8-4-9(16)6-10(5-8)19-12-2-1-7(13(17)18)3-11(12)15/h1-6H,(H3,17,18). The fourth-order valence-corrected chi connectivity index (χ4v) is 2.37. The number of ether oxygens (including phenoxy) is 1. The number of nitrogens with two attached hydrogens (primary N) is 1. The van der Waals surface area contributed by atoms with Gasteiger partial charge in [-0.25, -0.2) is 4.39 Å². The van der Waals surface area contributed by atoms with Gasteiger partial charge in [0.2, 0.25) is 0 Å². The molecule has 0 aromatic heterocycles. The summed E-state index contributed by atoms with van der Waals surface area (Å²) in [5.74, 6) is 0.479. The molecule has 0 saturated heterocycles. The second-order valence-electron chi connectivity index (χ2n) is 3.77. The topological polar surface area (TPSA) is 59.1 Å². The molecule has 3 nitrogen and oxygen atoms in total. The summed E-state index contributed by atoms with van der Waals surface area (Å²) in [5, 5.41) is 7.34. The highest BCUT2D eigenvalue weighted by molar-refractivity contribution is 9.10. The Hall–Kier alpha value is -1.40. The van der Waals surface area contributed by atoms with Gasteiger partial charge in [-0.3, -0.25) is 5.41 Å². The van der Waals surface area contributed by atoms with Crippen LogP contribution in [0, 0.1) is 11.2 Å². The Morgan fingerprint density at radius 2 is 1.89 bits per heavy atom. The number of hydrogen-bond acceptors (Lipinski definition) is 2. The predicted molar refractivity (Wildman–Crippen MR) is 79.3 cm³/mol. The molecule has 0 aliphatic heterocycles. The van der Waals surface area contributed by atoms with Crippen LogP contribution < -0.4 is 10.5 Å². The molecular formula is C13H9Br2FN2O. The van der Waals surface area contributed by atoms with Crippen LogP contribution in [0.4, 0.5) is 4.39 Å². The zero-order valence-corrected chi connectivity index (χ0v) is 12.8. The maximum Gasteiger partial charge on any atom is 0.141 e. The average molecular weight is 388 g/mol. The monoisotopic (exact) mass is 386 g/mol. The molecule has 0 spiro atoms. The van der Waals surface area contributed by atoms with Crippen LogP contribution in [0.2, 0.25) is 0 Å². The van der Waals surface area contributed by atoms with E-state index in [0.29, 0.717) is 26.0 Å². The predicted octanol–water partition coefficient (Wildman–Crippen LogP) is 4.43. The Labute approximate surface area is 126 Å². The van der Waals surface area contributed by atoms with E-state index in [9.17, 15) is 4.39 Å². The van der Waals surface area contributed by atoms with Crippen LogP contribution in [0.3, 0.4) is 0 Å². The first-order valence-electron chi connectivity index (χ1n) is 5.23. The highest BCUT2D eigenvalue weighted by atomic mass is 79.9. The lowest BCUT2D eigenvalue weighted by Crippen LogP contribution is -2.10. The van der Waals surface area contributed by atoms with Crippen LogP contribution in [0.25, 0.3) is 0 Å². The number of benzene rings is 2. The summed E-state index contributed by atoms with van der Waals surface area (Å²) in [4.78, 5) is 0. The molecule has 0 saturated carbocycles. The second-order valence-corrected chi connectivity index (χ2v) is 5.54. The van der Waals surface area contributed by atoms with Crippen molar-refractivity contribution in [2.75, 3.05) is 0 Å². The van der Waals surface area contributed by atoms with Crippen LogP contribution in [-0.4, -0.2) is 5.84 Å². The van der Waals surface area contributed by atoms with Gasteiger partial charge in [-0.05, 0) is 46.3 Å². The zero-order valence-electron chi connectivity index (χ0n) is 9.58. The molecule has 6 heteroatoms. The van der Waals surface area contributed by atoms with E-state index in [4.69, 9.17) is 15.9 Å². The molecule has 2 aromatic rings. The molecule has 19 heavy (non-hydrogen) atoms. The van der Waals surface area contributed by atoms with Crippen molar-refractivity contribution in [2.45, 2.75) is 0 Å². The van der Waals surface area contributed by atoms with Crippen molar-refractivity contribution in [3.63, 3.8) is 0 Å². The fraction of sp³-hybridized carbons (Fsp3) is 0. The van der Waals surface area contributed by atoms with E-state index in [1.807, 2.05) is 0 Å². The van der Waals surface area contributed by atoms with Gasteiger partial charge in [-0.1, -0.05) is 15.9 Å². The maximum absolute atomic E-state index is 13.2. The van der Waals surface area contributed by atoms with Crippen LogP contribution in [0.5, 0.6) is 11.5 Å². The Bertz CT molecular complexity index is 626. The molecule has 2 aromatic carbocycles. The Balaban J connectivity index is 2.30. The van der Waals surface area contributed by atoms with Crippen molar-refractivity contribution in [2.24, 2.45) is 5.73 Å². The molecule has 0 amide bonds. The average Bonchev–Trinajstić information content (AvgIpc) is 2.30. The third-order valence-electron chi connectivity index (χ3n) is 2.31. The highest BCUT2D eigenvalue weighted by Gasteiger charge is 2.07. The number of halogens is 3. The van der Waals surface area contributed by atoms with E-state index in [-0.39, 0.29) is 11.7 Å². The zero-order chi connectivity index (χ0) is 14.0. The molecule has 0 heterocycles. The molecule has 98 valence electrons. The van der Waals surface area contributed by atoms with E-state index in [2.05, 4.69) is 31.9 Å². The molecule has 0 bridgehead atoms. The Kier molecular flexibility index (Phi) is 4.21. The van der Waals surface area contributed by atoms with Crippen molar-refractivity contribution in [3.05, 3.63) is 56.7 Å². The first kappa shape index (κ1) is 14.0. The Morgan fingerprint density at radius 3 is 2.47 bits per heavy atom. The smallest absolute Gasteiger partial charge is 0.141 e. The van der Waals surface area contributed by atoms with Gasteiger partial charge in [-0.15, -0.1) is 0 Å². The minimum Gasteiger partial charge on any atom is -0.456 e. The number of amidine groups is 1. The van der Waals surface area contributed by atoms with Gasteiger partial charge in [0.05, 0.1) is 4.47 Å². The van der Waals surface area contributed by atoms with Gasteiger partial charge in [0, 0.05) is 16.1 Å². The van der Waals surface area contributed by atoms with Gasteiger partial charge in [0.1, 0.15) is 23.2 Å². The summed E-state index contributed by atoms with van der Waals surface area (Å²) < 4.78 is 20.0. The normalized spacial score (nSPS) is 10.3. The molecule has 0 fully saturated rings. The molecule has 2 rings (SSSR count). The molecule has 0 aliphatic rings. The lowest BCUT2D eigenvalue weighted by atomic mass is 10.2. The summed E-state index contributed by atoms with van der Waals surface area (Å²) in [7, 11) is 0. The van der Waals surface area contributed by atoms with Crippen LogP contribution in [0.15, 0.2) is 45.3 Å². The van der Waals surface area contributed by atoms with Crippen molar-refractivity contribution in [3.8, 4) is 11.5 Å². The number of nitrogen functional groups attached to an aromatic ring is 1. The van der Waals surface area contributed by atoms with E-state index in [1.165, 1.54) is 12.1 Å². The van der Waals surface area contributed by atoms with Crippen LogP contribution >= 0.6 is 31.9 Å². The van der Waals surface area contributed by atoms with Crippen molar-refractivity contribution >= 4 is 37.7 Å². The van der Waals surface area contributed by atoms with E-state index in [0.717, 1.165) is 0 Å². The molecule has 0 radical (unpaired) electrons. The third kappa shape index (κ3) is 3.54. The highest BCUT2D eigenvalue weighted by Crippen LogP contribution is 2.32. The van der Waals surface area contributed by atoms with E-state index < -0.39 is 0 Å². The number of hydrogen-bond donors (Lipinski definition) is 2. The number of nitrogens with one attached hydrogen (secondary N) is 1. The lowest BCUT2D eigenvalue weighted by Gasteiger charge is -2.09. The van der Waals surface area contributed by atoms with Crippen molar-refractivity contribution in [1.29, 1.82) is 5.41 Å². The summed E-state index contributed by atoms with van der Waals surface area (Å²) in [6.07, 6.45) is 0. The van der Waals surface area contributed by atoms with Gasteiger partial charge in [-0.2, -0.15) is 0 Å². The second kappa shape index (κ2) is 5.71. The lowest BCUT2D eigenvalue weighted by molar-refractivity contribution is 0.473. The van der Waals surface area contributed by atoms with Crippen LogP contribution in [0.1, 0.15) is 5.56 Å². The minimum absolute atomic E-state index is 0.0271. The fourth-order valence-electron chi connectivity index (χ4n) is 1.47. The quantitative estimate of drug-likeness (QED) is 0.604. The summed E-state index contributed by atoms with van der Waals surface area (Å²) in [6.45, 7) is 0. The Morgan fingerprint density at radius 1 is 1.16 bits per heavy atom. The molecule has 3 N–H and O–H groups in total. The first-order chi connectivity index (χ1) is 8.95. The first-order valence-corrected chi connectivity index (χ1v) is 6.82. The van der Waals surface area contributed by atoms with E-state index >= 15 is 0 Å². The number of rotatable bonds is 3. The van der Waals surface area contributed by atoms with Crippen molar-refractivity contribution in [1.82, 2.24) is 0 Å². The minimum atomic E-state index is -0.388. The summed E-state index contributed by atoms with van der Waals surface area (Å²) in [5.41, 5.74) is 5.97.